The van der Waals surface area contributed by atoms with E-state index in [4.69, 9.17) is 5.73 Å². The summed E-state index contributed by atoms with van der Waals surface area (Å²) in [7, 11) is 0. The monoisotopic (exact) mass is 217 g/mol. The fourth-order valence-corrected chi connectivity index (χ4v) is 1.80. The van der Waals surface area contributed by atoms with Gasteiger partial charge in [-0.25, -0.2) is 8.78 Å². The van der Waals surface area contributed by atoms with Gasteiger partial charge in [-0.3, -0.25) is 0 Å². The SMILES string of the molecule is CSc1c(F)ccc(C(C)CN)c1F. The van der Waals surface area contributed by atoms with Gasteiger partial charge in [0.05, 0.1) is 4.90 Å². The number of benzene rings is 1. The van der Waals surface area contributed by atoms with Gasteiger partial charge < -0.3 is 5.73 Å². The molecular weight excluding hydrogens is 204 g/mol. The lowest BCUT2D eigenvalue weighted by Gasteiger charge is -2.12. The second-order valence-corrected chi connectivity index (χ2v) is 3.94. The Labute approximate surface area is 86.7 Å². The second kappa shape index (κ2) is 4.75. The van der Waals surface area contributed by atoms with E-state index in [0.717, 1.165) is 11.8 Å². The molecule has 2 N–H and O–H groups in total. The first-order valence-corrected chi connectivity index (χ1v) is 5.56. The molecule has 0 aromatic heterocycles. The van der Waals surface area contributed by atoms with Gasteiger partial charge in [0.1, 0.15) is 11.6 Å². The molecule has 1 aromatic carbocycles. The van der Waals surface area contributed by atoms with Crippen molar-refractivity contribution in [2.45, 2.75) is 17.7 Å². The fourth-order valence-electron chi connectivity index (χ4n) is 1.24. The van der Waals surface area contributed by atoms with Gasteiger partial charge in [0.2, 0.25) is 0 Å². The van der Waals surface area contributed by atoms with Crippen LogP contribution in [0, 0.1) is 11.6 Å². The predicted molar refractivity (Wildman–Crippen MR) is 55.6 cm³/mol. The first kappa shape index (κ1) is 11.5. The summed E-state index contributed by atoms with van der Waals surface area (Å²) < 4.78 is 26.8. The van der Waals surface area contributed by atoms with Crippen LogP contribution in [0.15, 0.2) is 17.0 Å². The molecule has 14 heavy (non-hydrogen) atoms. The van der Waals surface area contributed by atoms with E-state index in [2.05, 4.69) is 0 Å². The Bertz CT molecular complexity index is 328. The number of halogens is 2. The van der Waals surface area contributed by atoms with E-state index >= 15 is 0 Å². The summed E-state index contributed by atoms with van der Waals surface area (Å²) in [4.78, 5) is 0.0720. The van der Waals surface area contributed by atoms with Gasteiger partial charge in [-0.1, -0.05) is 13.0 Å². The van der Waals surface area contributed by atoms with Crippen LogP contribution in [-0.4, -0.2) is 12.8 Å². The van der Waals surface area contributed by atoms with E-state index in [-0.39, 0.29) is 10.8 Å². The van der Waals surface area contributed by atoms with Gasteiger partial charge in [0, 0.05) is 0 Å². The highest BCUT2D eigenvalue weighted by Crippen LogP contribution is 2.28. The number of thioether (sulfide) groups is 1. The van der Waals surface area contributed by atoms with Crippen molar-refractivity contribution in [1.82, 2.24) is 0 Å². The molecule has 1 unspecified atom stereocenters. The van der Waals surface area contributed by atoms with Crippen molar-refractivity contribution in [2.75, 3.05) is 12.8 Å². The number of nitrogens with two attached hydrogens (primary N) is 1. The summed E-state index contributed by atoms with van der Waals surface area (Å²) in [6, 6.07) is 2.75. The molecule has 78 valence electrons. The maximum atomic E-state index is 13.7. The Morgan fingerprint density at radius 2 is 2.07 bits per heavy atom. The molecular formula is C10H13F2NS. The van der Waals surface area contributed by atoms with Crippen LogP contribution in [0.3, 0.4) is 0 Å². The summed E-state index contributed by atoms with van der Waals surface area (Å²) in [6.45, 7) is 2.18. The number of rotatable bonds is 3. The molecule has 1 atom stereocenters. The lowest BCUT2D eigenvalue weighted by atomic mass is 10.0. The van der Waals surface area contributed by atoms with Gasteiger partial charge >= 0.3 is 0 Å². The summed E-state index contributed by atoms with van der Waals surface area (Å²) in [6.07, 6.45) is 1.65. The minimum atomic E-state index is -0.511. The van der Waals surface area contributed by atoms with E-state index in [0.29, 0.717) is 12.1 Å². The van der Waals surface area contributed by atoms with Crippen LogP contribution < -0.4 is 5.73 Å². The minimum Gasteiger partial charge on any atom is -0.330 e. The van der Waals surface area contributed by atoms with Gasteiger partial charge in [-0.05, 0) is 30.3 Å². The molecule has 0 radical (unpaired) electrons. The normalized spacial score (nSPS) is 12.9. The zero-order valence-corrected chi connectivity index (χ0v) is 9.00. The van der Waals surface area contributed by atoms with Crippen LogP contribution in [0.5, 0.6) is 0 Å². The summed E-state index contributed by atoms with van der Waals surface area (Å²) in [5.74, 6) is -1.07. The van der Waals surface area contributed by atoms with Gasteiger partial charge in [-0.2, -0.15) is 0 Å². The van der Waals surface area contributed by atoms with Crippen LogP contribution >= 0.6 is 11.8 Å². The smallest absolute Gasteiger partial charge is 0.143 e. The Balaban J connectivity index is 3.21. The molecule has 0 amide bonds. The molecule has 1 nitrogen and oxygen atoms in total. The zero-order chi connectivity index (χ0) is 10.7. The highest BCUT2D eigenvalue weighted by Gasteiger charge is 2.16. The lowest BCUT2D eigenvalue weighted by molar-refractivity contribution is 0.521. The summed E-state index contributed by atoms with van der Waals surface area (Å²) in [5.41, 5.74) is 5.92. The van der Waals surface area contributed by atoms with E-state index < -0.39 is 11.6 Å². The third kappa shape index (κ3) is 2.07. The highest BCUT2D eigenvalue weighted by molar-refractivity contribution is 7.98. The first-order valence-electron chi connectivity index (χ1n) is 4.33. The van der Waals surface area contributed by atoms with Gasteiger partial charge in [0.15, 0.2) is 0 Å². The van der Waals surface area contributed by atoms with Crippen molar-refractivity contribution in [3.8, 4) is 0 Å². The number of hydrogen-bond donors (Lipinski definition) is 1. The molecule has 0 aliphatic carbocycles. The average Bonchev–Trinajstić information content (AvgIpc) is 2.18. The van der Waals surface area contributed by atoms with Crippen LogP contribution in [0.2, 0.25) is 0 Å². The molecule has 1 aromatic rings. The standard InChI is InChI=1S/C10H13F2NS/c1-6(5-13)7-3-4-8(11)10(14-2)9(7)12/h3-4,6H,5,13H2,1-2H3. The topological polar surface area (TPSA) is 26.0 Å². The Kier molecular flexibility index (Phi) is 3.89. The van der Waals surface area contributed by atoms with Gasteiger partial charge in [-0.15, -0.1) is 11.8 Å². The average molecular weight is 217 g/mol. The van der Waals surface area contributed by atoms with E-state index in [9.17, 15) is 8.78 Å². The third-order valence-electron chi connectivity index (χ3n) is 2.17. The quantitative estimate of drug-likeness (QED) is 0.788. The highest BCUT2D eigenvalue weighted by atomic mass is 32.2. The molecule has 0 heterocycles. The van der Waals surface area contributed by atoms with Crippen molar-refractivity contribution >= 4 is 11.8 Å². The zero-order valence-electron chi connectivity index (χ0n) is 8.18. The third-order valence-corrected chi connectivity index (χ3v) is 2.95. The largest absolute Gasteiger partial charge is 0.330 e. The van der Waals surface area contributed by atoms with Crippen molar-refractivity contribution in [3.05, 3.63) is 29.3 Å². The van der Waals surface area contributed by atoms with E-state index in [1.807, 2.05) is 6.92 Å². The molecule has 0 aliphatic heterocycles. The molecule has 0 bridgehead atoms. The van der Waals surface area contributed by atoms with E-state index in [1.54, 1.807) is 6.26 Å². The summed E-state index contributed by atoms with van der Waals surface area (Å²) in [5, 5.41) is 0. The molecule has 0 aliphatic rings. The minimum absolute atomic E-state index is 0.0720. The van der Waals surface area contributed by atoms with Crippen molar-refractivity contribution < 1.29 is 8.78 Å². The van der Waals surface area contributed by atoms with Gasteiger partial charge in [0.25, 0.3) is 0 Å². The van der Waals surface area contributed by atoms with Crippen LogP contribution in [-0.2, 0) is 0 Å². The maximum absolute atomic E-state index is 13.7. The maximum Gasteiger partial charge on any atom is 0.143 e. The molecule has 0 spiro atoms. The van der Waals surface area contributed by atoms with Crippen molar-refractivity contribution in [3.63, 3.8) is 0 Å². The van der Waals surface area contributed by atoms with Crippen LogP contribution in [0.25, 0.3) is 0 Å². The molecule has 0 saturated carbocycles. The van der Waals surface area contributed by atoms with Crippen molar-refractivity contribution in [1.29, 1.82) is 0 Å². The predicted octanol–water partition coefficient (Wildman–Crippen LogP) is 2.75. The Morgan fingerprint density at radius 3 is 2.57 bits per heavy atom. The van der Waals surface area contributed by atoms with Crippen LogP contribution in [0.4, 0.5) is 8.78 Å². The van der Waals surface area contributed by atoms with Crippen LogP contribution in [0.1, 0.15) is 18.4 Å². The summed E-state index contributed by atoms with van der Waals surface area (Å²) >= 11 is 1.07. The Hall–Kier alpha value is -0.610. The van der Waals surface area contributed by atoms with E-state index in [1.165, 1.54) is 12.1 Å². The second-order valence-electron chi connectivity index (χ2n) is 3.12. The molecule has 0 fully saturated rings. The van der Waals surface area contributed by atoms with Crippen molar-refractivity contribution in [2.24, 2.45) is 5.73 Å². The first-order chi connectivity index (χ1) is 6.61. The number of hydrogen-bond acceptors (Lipinski definition) is 2. The lowest BCUT2D eigenvalue weighted by Crippen LogP contribution is -2.11. The molecule has 1 rings (SSSR count). The Morgan fingerprint density at radius 1 is 1.43 bits per heavy atom. The molecule has 4 heteroatoms. The fraction of sp³-hybridized carbons (Fsp3) is 0.400. The molecule has 0 saturated heterocycles.